The summed E-state index contributed by atoms with van der Waals surface area (Å²) in [5.74, 6) is 1.01. The summed E-state index contributed by atoms with van der Waals surface area (Å²) < 4.78 is 27.4. The molecule has 18 heavy (non-hydrogen) atoms. The van der Waals surface area contributed by atoms with Gasteiger partial charge >= 0.3 is 0 Å². The Bertz CT molecular complexity index is 522. The van der Waals surface area contributed by atoms with Crippen LogP contribution in [0.4, 0.5) is 0 Å². The van der Waals surface area contributed by atoms with Crippen LogP contribution >= 0.6 is 0 Å². The minimum atomic E-state index is -2.94. The van der Waals surface area contributed by atoms with Crippen molar-refractivity contribution >= 4 is 9.84 Å². The van der Waals surface area contributed by atoms with Crippen LogP contribution in [-0.2, 0) is 16.3 Å². The first-order valence-corrected chi connectivity index (χ1v) is 8.13. The second-order valence-electron chi connectivity index (χ2n) is 4.75. The van der Waals surface area contributed by atoms with E-state index in [0.29, 0.717) is 19.4 Å². The molecule has 0 bridgehead atoms. The van der Waals surface area contributed by atoms with Crippen molar-refractivity contribution in [2.75, 3.05) is 18.6 Å². The van der Waals surface area contributed by atoms with Gasteiger partial charge in [0.05, 0.1) is 12.7 Å². The zero-order valence-electron chi connectivity index (χ0n) is 10.4. The van der Waals surface area contributed by atoms with Gasteiger partial charge in [0, 0.05) is 18.4 Å². The first-order chi connectivity index (χ1) is 8.46. The Labute approximate surface area is 108 Å². The van der Waals surface area contributed by atoms with Crippen molar-refractivity contribution in [2.24, 2.45) is 0 Å². The van der Waals surface area contributed by atoms with Gasteiger partial charge in [-0.1, -0.05) is 6.07 Å². The van der Waals surface area contributed by atoms with Gasteiger partial charge in [0.2, 0.25) is 0 Å². The van der Waals surface area contributed by atoms with E-state index in [9.17, 15) is 13.5 Å². The molecule has 0 saturated carbocycles. The highest BCUT2D eigenvalue weighted by molar-refractivity contribution is 7.90. The smallest absolute Gasteiger partial charge is 0.147 e. The second-order valence-corrected chi connectivity index (χ2v) is 7.01. The van der Waals surface area contributed by atoms with Gasteiger partial charge in [-0.3, -0.25) is 0 Å². The van der Waals surface area contributed by atoms with Crippen LogP contribution in [0.3, 0.4) is 0 Å². The van der Waals surface area contributed by atoms with E-state index in [-0.39, 0.29) is 5.75 Å². The highest BCUT2D eigenvalue weighted by Crippen LogP contribution is 2.29. The maximum Gasteiger partial charge on any atom is 0.147 e. The minimum absolute atomic E-state index is 0.123. The fourth-order valence-corrected chi connectivity index (χ4v) is 2.81. The third kappa shape index (κ3) is 3.46. The van der Waals surface area contributed by atoms with Crippen LogP contribution in [0.2, 0.25) is 0 Å². The molecule has 1 aliphatic rings. The summed E-state index contributed by atoms with van der Waals surface area (Å²) in [4.78, 5) is 0. The fourth-order valence-electron chi connectivity index (χ4n) is 2.12. The first-order valence-electron chi connectivity index (χ1n) is 6.07. The van der Waals surface area contributed by atoms with E-state index in [1.54, 1.807) is 0 Å². The molecular formula is C13H18O4S. The Morgan fingerprint density at radius 2 is 2.22 bits per heavy atom. The maximum absolute atomic E-state index is 11.0. The Morgan fingerprint density at radius 1 is 1.44 bits per heavy atom. The molecule has 1 N–H and O–H groups in total. The van der Waals surface area contributed by atoms with E-state index in [2.05, 4.69) is 0 Å². The van der Waals surface area contributed by atoms with E-state index < -0.39 is 15.9 Å². The van der Waals surface area contributed by atoms with Gasteiger partial charge in [-0.15, -0.1) is 0 Å². The lowest BCUT2D eigenvalue weighted by Crippen LogP contribution is -2.06. The van der Waals surface area contributed by atoms with Crippen LogP contribution in [0.5, 0.6) is 5.75 Å². The van der Waals surface area contributed by atoms with Gasteiger partial charge in [-0.2, -0.15) is 0 Å². The van der Waals surface area contributed by atoms with Crippen molar-refractivity contribution in [1.29, 1.82) is 0 Å². The number of benzene rings is 1. The Kier molecular flexibility index (Phi) is 3.92. The third-order valence-corrected chi connectivity index (χ3v) is 4.12. The summed E-state index contributed by atoms with van der Waals surface area (Å²) in [5.41, 5.74) is 1.96. The molecule has 1 atom stereocenters. The van der Waals surface area contributed by atoms with Crippen LogP contribution in [0.1, 0.15) is 30.1 Å². The molecule has 1 aromatic rings. The van der Waals surface area contributed by atoms with Crippen molar-refractivity contribution in [2.45, 2.75) is 25.4 Å². The molecular weight excluding hydrogens is 252 g/mol. The molecule has 1 aliphatic heterocycles. The maximum atomic E-state index is 11.0. The largest absolute Gasteiger partial charge is 0.493 e. The molecule has 0 saturated heterocycles. The van der Waals surface area contributed by atoms with Gasteiger partial charge in [0.25, 0.3) is 0 Å². The molecule has 5 heteroatoms. The number of sulfone groups is 1. The van der Waals surface area contributed by atoms with Gasteiger partial charge < -0.3 is 9.84 Å². The number of fused-ring (bicyclic) bond motifs is 1. The lowest BCUT2D eigenvalue weighted by atomic mass is 10.0. The number of hydrogen-bond acceptors (Lipinski definition) is 4. The van der Waals surface area contributed by atoms with Crippen molar-refractivity contribution in [3.8, 4) is 5.75 Å². The lowest BCUT2D eigenvalue weighted by molar-refractivity contribution is 0.166. The zero-order chi connectivity index (χ0) is 13.2. The van der Waals surface area contributed by atoms with Crippen molar-refractivity contribution < 1.29 is 18.3 Å². The number of ether oxygens (including phenoxy) is 1. The Morgan fingerprint density at radius 3 is 2.94 bits per heavy atom. The minimum Gasteiger partial charge on any atom is -0.493 e. The number of aliphatic hydroxyl groups excluding tert-OH is 1. The highest BCUT2D eigenvalue weighted by atomic mass is 32.2. The van der Waals surface area contributed by atoms with E-state index >= 15 is 0 Å². The summed E-state index contributed by atoms with van der Waals surface area (Å²) in [7, 11) is -2.94. The molecule has 0 aliphatic carbocycles. The number of aliphatic hydroxyl groups is 1. The Hall–Kier alpha value is -1.07. The summed E-state index contributed by atoms with van der Waals surface area (Å²) >= 11 is 0. The molecule has 1 unspecified atom stereocenters. The Balaban J connectivity index is 1.95. The van der Waals surface area contributed by atoms with E-state index in [1.165, 1.54) is 6.26 Å². The SMILES string of the molecule is CS(=O)(=O)CCCC(O)c1ccc2c(c1)CCO2. The van der Waals surface area contributed by atoms with Gasteiger partial charge in [0.1, 0.15) is 15.6 Å². The normalized spacial score (nSPS) is 16.1. The summed E-state index contributed by atoms with van der Waals surface area (Å²) in [6, 6.07) is 5.67. The molecule has 2 rings (SSSR count). The number of rotatable bonds is 5. The average molecular weight is 270 g/mol. The second kappa shape index (κ2) is 5.28. The van der Waals surface area contributed by atoms with Crippen LogP contribution in [0.25, 0.3) is 0 Å². The van der Waals surface area contributed by atoms with E-state index in [0.717, 1.165) is 23.3 Å². The summed E-state index contributed by atoms with van der Waals surface area (Å²) in [5, 5.41) is 10.0. The molecule has 0 spiro atoms. The summed E-state index contributed by atoms with van der Waals surface area (Å²) in [6.45, 7) is 0.697. The zero-order valence-corrected chi connectivity index (χ0v) is 11.2. The van der Waals surface area contributed by atoms with Crippen LogP contribution in [0.15, 0.2) is 18.2 Å². The topological polar surface area (TPSA) is 63.6 Å². The van der Waals surface area contributed by atoms with Gasteiger partial charge in [0.15, 0.2) is 0 Å². The molecule has 4 nitrogen and oxygen atoms in total. The van der Waals surface area contributed by atoms with Crippen molar-refractivity contribution in [3.63, 3.8) is 0 Å². The van der Waals surface area contributed by atoms with Crippen LogP contribution in [0, 0.1) is 0 Å². The monoisotopic (exact) mass is 270 g/mol. The first kappa shape index (κ1) is 13.4. The predicted molar refractivity (Wildman–Crippen MR) is 69.5 cm³/mol. The number of hydrogen-bond donors (Lipinski definition) is 1. The molecule has 0 aromatic heterocycles. The molecule has 100 valence electrons. The van der Waals surface area contributed by atoms with Crippen molar-refractivity contribution in [3.05, 3.63) is 29.3 Å². The molecule has 0 amide bonds. The fraction of sp³-hybridized carbons (Fsp3) is 0.538. The quantitative estimate of drug-likeness (QED) is 0.880. The van der Waals surface area contributed by atoms with E-state index in [1.807, 2.05) is 18.2 Å². The predicted octanol–water partition coefficient (Wildman–Crippen LogP) is 1.48. The van der Waals surface area contributed by atoms with Crippen LogP contribution in [-0.4, -0.2) is 32.1 Å². The standard InChI is InChI=1S/C13H18O4S/c1-18(15,16)8-2-3-12(14)10-4-5-13-11(9-10)6-7-17-13/h4-5,9,12,14H,2-3,6-8H2,1H3. The molecule has 0 radical (unpaired) electrons. The highest BCUT2D eigenvalue weighted by Gasteiger charge is 2.15. The van der Waals surface area contributed by atoms with Gasteiger partial charge in [-0.05, 0) is 36.1 Å². The average Bonchev–Trinajstić information content (AvgIpc) is 2.73. The van der Waals surface area contributed by atoms with E-state index in [4.69, 9.17) is 4.74 Å². The molecule has 0 fully saturated rings. The van der Waals surface area contributed by atoms with Crippen molar-refractivity contribution in [1.82, 2.24) is 0 Å². The third-order valence-electron chi connectivity index (χ3n) is 3.09. The molecule has 1 aromatic carbocycles. The van der Waals surface area contributed by atoms with Crippen LogP contribution < -0.4 is 4.74 Å². The van der Waals surface area contributed by atoms with Gasteiger partial charge in [-0.25, -0.2) is 8.42 Å². The molecule has 1 heterocycles. The summed E-state index contributed by atoms with van der Waals surface area (Å²) in [6.07, 6.45) is 2.43. The lowest BCUT2D eigenvalue weighted by Gasteiger charge is -2.11.